The highest BCUT2D eigenvalue weighted by molar-refractivity contribution is 7.89. The van der Waals surface area contributed by atoms with E-state index >= 15 is 0 Å². The standard InChI is InChI=1S/C21H36N6O2S/c1-5-27(6-2)15-10-16-30(28,29)25-19(14-13-18-11-8-7-9-12-18)21-23-20(17-22-3)24-26(21)4/h7-9,11-12,19,22,25H,5-6,10,13-17H2,1-4H3/t19-/m1/s1. The van der Waals surface area contributed by atoms with Gasteiger partial charge in [-0.15, -0.1) is 0 Å². The van der Waals surface area contributed by atoms with Crippen molar-refractivity contribution < 1.29 is 8.42 Å². The number of benzene rings is 1. The molecule has 1 aromatic heterocycles. The van der Waals surface area contributed by atoms with Crippen LogP contribution in [-0.2, 0) is 30.0 Å². The van der Waals surface area contributed by atoms with E-state index in [9.17, 15) is 8.42 Å². The lowest BCUT2D eigenvalue weighted by molar-refractivity contribution is 0.304. The fraction of sp³-hybridized carbons (Fsp3) is 0.619. The van der Waals surface area contributed by atoms with Crippen molar-refractivity contribution in [3.05, 3.63) is 47.5 Å². The van der Waals surface area contributed by atoms with Crippen molar-refractivity contribution >= 4 is 10.0 Å². The zero-order valence-electron chi connectivity index (χ0n) is 18.6. The Bertz CT molecular complexity index is 850. The molecule has 30 heavy (non-hydrogen) atoms. The Morgan fingerprint density at radius 3 is 2.50 bits per heavy atom. The van der Waals surface area contributed by atoms with Crippen LogP contribution in [0.3, 0.4) is 0 Å². The number of sulfonamides is 1. The Hall–Kier alpha value is -1.81. The molecule has 0 unspecified atom stereocenters. The monoisotopic (exact) mass is 436 g/mol. The normalized spacial score (nSPS) is 13.1. The second kappa shape index (κ2) is 12.1. The molecule has 0 radical (unpaired) electrons. The van der Waals surface area contributed by atoms with Gasteiger partial charge in [0.1, 0.15) is 5.82 Å². The largest absolute Gasteiger partial charge is 0.313 e. The molecular formula is C21H36N6O2S. The highest BCUT2D eigenvalue weighted by Crippen LogP contribution is 2.19. The summed E-state index contributed by atoms with van der Waals surface area (Å²) >= 11 is 0. The lowest BCUT2D eigenvalue weighted by Crippen LogP contribution is -2.34. The van der Waals surface area contributed by atoms with Crippen LogP contribution < -0.4 is 10.0 Å². The summed E-state index contributed by atoms with van der Waals surface area (Å²) in [5, 5.41) is 7.45. The van der Waals surface area contributed by atoms with Crippen LogP contribution in [0.1, 0.15) is 49.9 Å². The van der Waals surface area contributed by atoms with Crippen molar-refractivity contribution in [2.45, 2.75) is 45.7 Å². The summed E-state index contributed by atoms with van der Waals surface area (Å²) in [5.41, 5.74) is 1.17. The first-order valence-electron chi connectivity index (χ1n) is 10.7. The van der Waals surface area contributed by atoms with Crippen LogP contribution in [-0.4, -0.2) is 60.5 Å². The van der Waals surface area contributed by atoms with Crippen LogP contribution in [0.15, 0.2) is 30.3 Å². The van der Waals surface area contributed by atoms with Crippen LogP contribution in [0.4, 0.5) is 0 Å². The molecule has 0 aliphatic carbocycles. The quantitative estimate of drug-likeness (QED) is 0.470. The van der Waals surface area contributed by atoms with Gasteiger partial charge in [0.25, 0.3) is 0 Å². The van der Waals surface area contributed by atoms with Crippen molar-refractivity contribution in [2.24, 2.45) is 7.05 Å². The first kappa shape index (κ1) is 24.5. The number of aryl methyl sites for hydroxylation is 2. The molecule has 9 heteroatoms. The van der Waals surface area contributed by atoms with Crippen molar-refractivity contribution in [3.63, 3.8) is 0 Å². The fourth-order valence-electron chi connectivity index (χ4n) is 3.48. The molecule has 0 aliphatic heterocycles. The van der Waals surface area contributed by atoms with E-state index in [2.05, 4.69) is 51.0 Å². The molecule has 0 spiro atoms. The molecular weight excluding hydrogens is 400 g/mol. The van der Waals surface area contributed by atoms with Crippen LogP contribution >= 0.6 is 0 Å². The maximum absolute atomic E-state index is 12.8. The Balaban J connectivity index is 2.12. The predicted octanol–water partition coefficient (Wildman–Crippen LogP) is 1.86. The summed E-state index contributed by atoms with van der Waals surface area (Å²) in [5.74, 6) is 1.40. The van der Waals surface area contributed by atoms with Crippen molar-refractivity contribution in [1.29, 1.82) is 0 Å². The second-order valence-corrected chi connectivity index (χ2v) is 9.31. The molecule has 1 aromatic carbocycles. The first-order chi connectivity index (χ1) is 14.4. The number of hydrogen-bond donors (Lipinski definition) is 2. The maximum atomic E-state index is 12.8. The summed E-state index contributed by atoms with van der Waals surface area (Å²) in [6, 6.07) is 9.65. The predicted molar refractivity (Wildman–Crippen MR) is 121 cm³/mol. The molecule has 0 bridgehead atoms. The third-order valence-electron chi connectivity index (χ3n) is 5.16. The topological polar surface area (TPSA) is 92.2 Å². The first-order valence-corrected chi connectivity index (χ1v) is 12.3. The summed E-state index contributed by atoms with van der Waals surface area (Å²) in [6.45, 7) is 7.35. The van der Waals surface area contributed by atoms with Gasteiger partial charge in [0.15, 0.2) is 5.82 Å². The zero-order valence-corrected chi connectivity index (χ0v) is 19.5. The second-order valence-electron chi connectivity index (χ2n) is 7.43. The van der Waals surface area contributed by atoms with Gasteiger partial charge in [0.2, 0.25) is 10.0 Å². The van der Waals surface area contributed by atoms with Crippen LogP contribution in [0.5, 0.6) is 0 Å². The van der Waals surface area contributed by atoms with E-state index in [4.69, 9.17) is 0 Å². The molecule has 2 aromatic rings. The minimum atomic E-state index is -3.44. The van der Waals surface area contributed by atoms with Crippen LogP contribution in [0, 0.1) is 0 Å². The zero-order chi connectivity index (χ0) is 22.0. The van der Waals surface area contributed by atoms with Crippen LogP contribution in [0.2, 0.25) is 0 Å². The number of nitrogens with zero attached hydrogens (tertiary/aromatic N) is 4. The van der Waals surface area contributed by atoms with Gasteiger partial charge in [-0.1, -0.05) is 44.2 Å². The third-order valence-corrected chi connectivity index (χ3v) is 6.63. The maximum Gasteiger partial charge on any atom is 0.212 e. The minimum absolute atomic E-state index is 0.104. The molecule has 0 saturated carbocycles. The van der Waals surface area contributed by atoms with Crippen LogP contribution in [0.25, 0.3) is 0 Å². The molecule has 0 fully saturated rings. The van der Waals surface area contributed by atoms with Gasteiger partial charge in [-0.2, -0.15) is 5.10 Å². The summed E-state index contributed by atoms with van der Waals surface area (Å²) in [6.07, 6.45) is 1.97. The van der Waals surface area contributed by atoms with Gasteiger partial charge in [-0.05, 0) is 51.5 Å². The summed E-state index contributed by atoms with van der Waals surface area (Å²) in [7, 11) is 0.207. The Morgan fingerprint density at radius 1 is 1.17 bits per heavy atom. The van der Waals surface area contributed by atoms with E-state index in [0.29, 0.717) is 31.0 Å². The van der Waals surface area contributed by atoms with E-state index in [1.807, 2.05) is 32.3 Å². The number of nitrogens with one attached hydrogen (secondary N) is 2. The highest BCUT2D eigenvalue weighted by atomic mass is 32.2. The number of rotatable bonds is 14. The molecule has 2 rings (SSSR count). The van der Waals surface area contributed by atoms with Crippen molar-refractivity contribution in [2.75, 3.05) is 32.4 Å². The van der Waals surface area contributed by atoms with Gasteiger partial charge in [0, 0.05) is 7.05 Å². The third kappa shape index (κ3) is 7.79. The van der Waals surface area contributed by atoms with Gasteiger partial charge < -0.3 is 10.2 Å². The average molecular weight is 437 g/mol. The van der Waals surface area contributed by atoms with E-state index in [1.165, 1.54) is 5.56 Å². The van der Waals surface area contributed by atoms with Gasteiger partial charge in [0.05, 0.1) is 18.3 Å². The van der Waals surface area contributed by atoms with Gasteiger partial charge in [-0.3, -0.25) is 4.68 Å². The highest BCUT2D eigenvalue weighted by Gasteiger charge is 2.24. The number of aromatic nitrogens is 3. The van der Waals surface area contributed by atoms with E-state index in [1.54, 1.807) is 4.68 Å². The van der Waals surface area contributed by atoms with Crippen molar-refractivity contribution in [1.82, 2.24) is 29.7 Å². The molecule has 8 nitrogen and oxygen atoms in total. The fourth-order valence-corrected chi connectivity index (χ4v) is 4.76. The minimum Gasteiger partial charge on any atom is -0.313 e. The van der Waals surface area contributed by atoms with Gasteiger partial charge >= 0.3 is 0 Å². The Kier molecular flexibility index (Phi) is 9.90. The molecule has 0 saturated heterocycles. The summed E-state index contributed by atoms with van der Waals surface area (Å²) < 4.78 is 30.2. The summed E-state index contributed by atoms with van der Waals surface area (Å²) in [4.78, 5) is 6.82. The molecule has 1 heterocycles. The Morgan fingerprint density at radius 2 is 1.87 bits per heavy atom. The lowest BCUT2D eigenvalue weighted by Gasteiger charge is -2.20. The van der Waals surface area contributed by atoms with Gasteiger partial charge in [-0.25, -0.2) is 18.1 Å². The van der Waals surface area contributed by atoms with E-state index < -0.39 is 16.1 Å². The molecule has 168 valence electrons. The molecule has 2 N–H and O–H groups in total. The van der Waals surface area contributed by atoms with Crippen molar-refractivity contribution in [3.8, 4) is 0 Å². The molecule has 0 aliphatic rings. The van der Waals surface area contributed by atoms with E-state index in [-0.39, 0.29) is 5.75 Å². The van der Waals surface area contributed by atoms with E-state index in [0.717, 1.165) is 26.1 Å². The molecule has 0 amide bonds. The smallest absolute Gasteiger partial charge is 0.212 e. The molecule has 1 atom stereocenters. The number of hydrogen-bond acceptors (Lipinski definition) is 6. The average Bonchev–Trinajstić information content (AvgIpc) is 3.09. The Labute approximate surface area is 181 Å². The lowest BCUT2D eigenvalue weighted by atomic mass is 10.1. The SMILES string of the molecule is CCN(CC)CCCS(=O)(=O)N[C@H](CCc1ccccc1)c1nc(CNC)nn1C.